The third-order valence-electron chi connectivity index (χ3n) is 4.85. The van der Waals surface area contributed by atoms with E-state index in [1.807, 2.05) is 36.5 Å². The second kappa shape index (κ2) is 6.50. The topological polar surface area (TPSA) is 58.3 Å². The molecular formula is C19H21N5. The molecule has 5 nitrogen and oxygen atoms in total. The molecule has 2 atom stereocenters. The Kier molecular flexibility index (Phi) is 4.06. The lowest BCUT2D eigenvalue weighted by atomic mass is 10.1. The Labute approximate surface area is 142 Å². The molecule has 0 aromatic carbocycles. The molecule has 2 aliphatic heterocycles. The van der Waals surface area contributed by atoms with Gasteiger partial charge in [-0.05, 0) is 43.0 Å². The first-order chi connectivity index (χ1) is 11.8. The van der Waals surface area contributed by atoms with Crippen LogP contribution in [0.5, 0.6) is 0 Å². The highest BCUT2D eigenvalue weighted by molar-refractivity contribution is 5.62. The second-order valence-electron chi connectivity index (χ2n) is 6.33. The van der Waals surface area contributed by atoms with Crippen molar-refractivity contribution in [2.45, 2.75) is 24.9 Å². The van der Waals surface area contributed by atoms with Crippen molar-refractivity contribution in [2.75, 3.05) is 30.3 Å². The van der Waals surface area contributed by atoms with Gasteiger partial charge in [0.05, 0.1) is 11.7 Å². The number of aromatic nitrogens is 2. The first-order valence-electron chi connectivity index (χ1n) is 8.45. The first-order valence-corrected chi connectivity index (χ1v) is 8.45. The van der Waals surface area contributed by atoms with Crippen LogP contribution in [0.1, 0.15) is 18.5 Å². The van der Waals surface area contributed by atoms with Gasteiger partial charge in [-0.25, -0.2) is 9.97 Å². The van der Waals surface area contributed by atoms with E-state index >= 15 is 0 Å². The van der Waals surface area contributed by atoms with E-state index in [4.69, 9.17) is 5.73 Å². The van der Waals surface area contributed by atoms with Gasteiger partial charge in [0.15, 0.2) is 5.82 Å². The van der Waals surface area contributed by atoms with E-state index in [9.17, 15) is 0 Å². The highest BCUT2D eigenvalue weighted by atomic mass is 15.3. The fourth-order valence-corrected chi connectivity index (χ4v) is 3.67. The molecule has 0 bridgehead atoms. The van der Waals surface area contributed by atoms with E-state index in [2.05, 4.69) is 31.6 Å². The summed E-state index contributed by atoms with van der Waals surface area (Å²) in [4.78, 5) is 13.6. The monoisotopic (exact) mass is 319 g/mol. The Morgan fingerprint density at radius 3 is 2.79 bits per heavy atom. The highest BCUT2D eigenvalue weighted by Crippen LogP contribution is 2.30. The molecular weight excluding hydrogens is 298 g/mol. The summed E-state index contributed by atoms with van der Waals surface area (Å²) in [6.45, 7) is 2.92. The van der Waals surface area contributed by atoms with Crippen LogP contribution in [0.3, 0.4) is 0 Å². The molecule has 4 heterocycles. The lowest BCUT2D eigenvalue weighted by Crippen LogP contribution is -2.52. The maximum absolute atomic E-state index is 6.08. The molecule has 4 rings (SSSR count). The van der Waals surface area contributed by atoms with Gasteiger partial charge in [-0.3, -0.25) is 4.90 Å². The van der Waals surface area contributed by atoms with Crippen molar-refractivity contribution in [1.82, 2.24) is 14.9 Å². The lowest BCUT2D eigenvalue weighted by Gasteiger charge is -2.39. The van der Waals surface area contributed by atoms with Crippen LogP contribution in [0.4, 0.5) is 11.5 Å². The van der Waals surface area contributed by atoms with Crippen molar-refractivity contribution in [1.29, 1.82) is 0 Å². The number of rotatable bonds is 1. The average molecular weight is 319 g/mol. The Morgan fingerprint density at radius 2 is 1.96 bits per heavy atom. The van der Waals surface area contributed by atoms with E-state index < -0.39 is 0 Å². The Balaban J connectivity index is 1.45. The summed E-state index contributed by atoms with van der Waals surface area (Å²) in [5, 5.41) is 0. The predicted octanol–water partition coefficient (Wildman–Crippen LogP) is 1.76. The Hall–Kier alpha value is -2.58. The molecule has 5 heteroatoms. The zero-order valence-corrected chi connectivity index (χ0v) is 13.6. The number of fused-ring (bicyclic) bond motifs is 1. The number of hydrogen-bond donors (Lipinski definition) is 1. The van der Waals surface area contributed by atoms with Crippen molar-refractivity contribution in [3.63, 3.8) is 0 Å². The van der Waals surface area contributed by atoms with Crippen molar-refractivity contribution < 1.29 is 0 Å². The Morgan fingerprint density at radius 1 is 1.04 bits per heavy atom. The van der Waals surface area contributed by atoms with Crippen molar-refractivity contribution in [2.24, 2.45) is 0 Å². The molecule has 2 aromatic rings. The largest absolute Gasteiger partial charge is 0.396 e. The molecule has 0 unspecified atom stereocenters. The van der Waals surface area contributed by atoms with Gasteiger partial charge in [-0.2, -0.15) is 0 Å². The van der Waals surface area contributed by atoms with Crippen molar-refractivity contribution in [3.05, 3.63) is 48.4 Å². The van der Waals surface area contributed by atoms with Crippen LogP contribution in [-0.4, -0.2) is 46.6 Å². The van der Waals surface area contributed by atoms with Crippen LogP contribution in [0.15, 0.2) is 42.7 Å². The van der Waals surface area contributed by atoms with Gasteiger partial charge in [0.2, 0.25) is 0 Å². The maximum atomic E-state index is 6.08. The van der Waals surface area contributed by atoms with Crippen molar-refractivity contribution in [3.8, 4) is 11.8 Å². The van der Waals surface area contributed by atoms with Crippen LogP contribution >= 0.6 is 0 Å². The fourth-order valence-electron chi connectivity index (χ4n) is 3.67. The molecule has 24 heavy (non-hydrogen) atoms. The summed E-state index contributed by atoms with van der Waals surface area (Å²) in [6.07, 6.45) is 5.90. The van der Waals surface area contributed by atoms with Crippen molar-refractivity contribution >= 4 is 11.5 Å². The normalized spacial score (nSPS) is 23.4. The van der Waals surface area contributed by atoms with Crippen LogP contribution in [0.2, 0.25) is 0 Å². The minimum atomic E-state index is 0.334. The van der Waals surface area contributed by atoms with Crippen LogP contribution in [0.25, 0.3) is 0 Å². The quantitative estimate of drug-likeness (QED) is 0.812. The standard InChI is InChI=1S/C19H21N5/c20-18-5-3-11-22-19(18)23-12-13-24-16(8-9-17(24)14-23)7-6-15-4-1-2-10-21-15/h1-5,10-11,16-17H,8-9,12-14,20H2/t16-,17-/m0/s1. The number of nitrogens with zero attached hydrogens (tertiary/aromatic N) is 4. The van der Waals surface area contributed by atoms with E-state index in [1.165, 1.54) is 6.42 Å². The molecule has 0 aliphatic carbocycles. The lowest BCUT2D eigenvalue weighted by molar-refractivity contribution is 0.203. The summed E-state index contributed by atoms with van der Waals surface area (Å²) in [6, 6.07) is 10.5. The molecule has 122 valence electrons. The van der Waals surface area contributed by atoms with Crippen LogP contribution in [-0.2, 0) is 0 Å². The SMILES string of the molecule is Nc1cccnc1N1CCN2[C@@H](CC[C@@H]2C#Cc2ccccn2)C1. The molecule has 2 aromatic heterocycles. The average Bonchev–Trinajstić information content (AvgIpc) is 3.03. The molecule has 2 saturated heterocycles. The molecule has 2 N–H and O–H groups in total. The second-order valence-corrected chi connectivity index (χ2v) is 6.33. The van der Waals surface area contributed by atoms with E-state index in [-0.39, 0.29) is 0 Å². The summed E-state index contributed by atoms with van der Waals surface area (Å²) in [7, 11) is 0. The number of nitrogen functional groups attached to an aromatic ring is 1. The van der Waals surface area contributed by atoms with E-state index in [1.54, 1.807) is 6.20 Å². The molecule has 0 spiro atoms. The van der Waals surface area contributed by atoms with Gasteiger partial charge >= 0.3 is 0 Å². The summed E-state index contributed by atoms with van der Waals surface area (Å²) in [5.41, 5.74) is 7.69. The third kappa shape index (κ3) is 2.93. The molecule has 0 amide bonds. The van der Waals surface area contributed by atoms with Crippen LogP contribution in [0, 0.1) is 11.8 Å². The minimum Gasteiger partial charge on any atom is -0.396 e. The van der Waals surface area contributed by atoms with Gasteiger partial charge in [0.25, 0.3) is 0 Å². The van der Waals surface area contributed by atoms with E-state index in [0.29, 0.717) is 12.1 Å². The fraction of sp³-hybridized carbons (Fsp3) is 0.368. The number of piperazine rings is 1. The number of hydrogen-bond acceptors (Lipinski definition) is 5. The van der Waals surface area contributed by atoms with E-state index in [0.717, 1.165) is 43.3 Å². The molecule has 0 saturated carbocycles. The Bertz CT molecular complexity index is 764. The molecule has 0 radical (unpaired) electrons. The van der Waals surface area contributed by atoms with Gasteiger partial charge in [-0.15, -0.1) is 0 Å². The van der Waals surface area contributed by atoms with Crippen LogP contribution < -0.4 is 10.6 Å². The summed E-state index contributed by atoms with van der Waals surface area (Å²) in [5.74, 6) is 7.56. The van der Waals surface area contributed by atoms with Gasteiger partial charge < -0.3 is 10.6 Å². The molecule has 2 fully saturated rings. The maximum Gasteiger partial charge on any atom is 0.151 e. The minimum absolute atomic E-state index is 0.334. The highest BCUT2D eigenvalue weighted by Gasteiger charge is 2.37. The van der Waals surface area contributed by atoms with Gasteiger partial charge in [0.1, 0.15) is 5.69 Å². The zero-order valence-electron chi connectivity index (χ0n) is 13.6. The smallest absolute Gasteiger partial charge is 0.151 e. The van der Waals surface area contributed by atoms with Gasteiger partial charge in [0, 0.05) is 38.1 Å². The summed E-state index contributed by atoms with van der Waals surface area (Å²) < 4.78 is 0. The summed E-state index contributed by atoms with van der Waals surface area (Å²) >= 11 is 0. The number of nitrogens with two attached hydrogens (primary N) is 1. The predicted molar refractivity (Wildman–Crippen MR) is 95.5 cm³/mol. The first kappa shape index (κ1) is 15.0. The molecule has 2 aliphatic rings. The number of anilines is 2. The number of pyridine rings is 2. The third-order valence-corrected chi connectivity index (χ3v) is 4.85. The van der Waals surface area contributed by atoms with Gasteiger partial charge in [-0.1, -0.05) is 12.0 Å². The zero-order chi connectivity index (χ0) is 16.4.